The van der Waals surface area contributed by atoms with Crippen molar-refractivity contribution in [1.82, 2.24) is 25.1 Å². The molecule has 1 amide bonds. The number of carbonyl (C=O) groups excluding carboxylic acids is 2. The second-order valence-corrected chi connectivity index (χ2v) is 10.4. The first-order valence-electron chi connectivity index (χ1n) is 14.6. The third-order valence-corrected chi connectivity index (χ3v) is 6.93. The summed E-state index contributed by atoms with van der Waals surface area (Å²) in [6.45, 7) is 8.36. The number of carbonyl (C=O) groups is 2. The molecule has 2 aromatic carbocycles. The van der Waals surface area contributed by atoms with Gasteiger partial charge in [-0.05, 0) is 41.2 Å². The van der Waals surface area contributed by atoms with Crippen molar-refractivity contribution in [3.8, 4) is 22.5 Å². The lowest BCUT2D eigenvalue weighted by Crippen LogP contribution is -2.40. The Hall–Kier alpha value is -4.59. The normalized spacial score (nSPS) is 11.7. The molecule has 238 valence electrons. The standard InChI is InChI=1S/C30H40N6O8/c1-5-6-11-28(37)34(23(4)22(2)3)20-24-12-14-25(15-13-24)26-9-7-8-10-27(26)29-31-33-35(32-29)21-43-30(38)42-18-16-41-17-19-44-36(39)40/h7-10,12-15,22-23H,5-6,11,16-21H2,1-4H3. The van der Waals surface area contributed by atoms with Crippen LogP contribution in [0.2, 0.25) is 0 Å². The van der Waals surface area contributed by atoms with Crippen molar-refractivity contribution in [2.24, 2.45) is 5.92 Å². The van der Waals surface area contributed by atoms with E-state index < -0.39 is 11.2 Å². The highest BCUT2D eigenvalue weighted by Crippen LogP contribution is 2.30. The van der Waals surface area contributed by atoms with Gasteiger partial charge >= 0.3 is 6.16 Å². The summed E-state index contributed by atoms with van der Waals surface area (Å²) in [5.41, 5.74) is 3.65. The summed E-state index contributed by atoms with van der Waals surface area (Å²) in [5, 5.41) is 21.6. The van der Waals surface area contributed by atoms with Crippen LogP contribution in [0.15, 0.2) is 48.5 Å². The van der Waals surface area contributed by atoms with Crippen LogP contribution in [0.25, 0.3) is 22.5 Å². The minimum Gasteiger partial charge on any atom is -0.432 e. The molecule has 1 heterocycles. The van der Waals surface area contributed by atoms with Crippen LogP contribution in [0, 0.1) is 16.0 Å². The molecular formula is C30H40N6O8. The summed E-state index contributed by atoms with van der Waals surface area (Å²) in [6, 6.07) is 15.9. The molecule has 0 N–H and O–H groups in total. The van der Waals surface area contributed by atoms with E-state index in [0.29, 0.717) is 24.7 Å². The van der Waals surface area contributed by atoms with E-state index in [1.807, 2.05) is 53.4 Å². The molecule has 0 fully saturated rings. The topological polar surface area (TPSA) is 161 Å². The van der Waals surface area contributed by atoms with Crippen molar-refractivity contribution in [2.45, 2.75) is 66.3 Å². The number of ether oxygens (including phenoxy) is 3. The number of unbranched alkanes of at least 4 members (excludes halogenated alkanes) is 1. The molecule has 44 heavy (non-hydrogen) atoms. The van der Waals surface area contributed by atoms with Gasteiger partial charge in [0.1, 0.15) is 13.2 Å². The molecule has 3 rings (SSSR count). The van der Waals surface area contributed by atoms with E-state index in [2.05, 4.69) is 47.9 Å². The number of nitrogens with zero attached hydrogens (tertiary/aromatic N) is 6. The van der Waals surface area contributed by atoms with Gasteiger partial charge in [0.15, 0.2) is 0 Å². The first-order valence-corrected chi connectivity index (χ1v) is 14.6. The zero-order chi connectivity index (χ0) is 31.9. The fourth-order valence-corrected chi connectivity index (χ4v) is 4.22. The Balaban J connectivity index is 1.59. The Morgan fingerprint density at radius 1 is 0.977 bits per heavy atom. The van der Waals surface area contributed by atoms with Crippen molar-refractivity contribution in [1.29, 1.82) is 0 Å². The maximum atomic E-state index is 13.0. The van der Waals surface area contributed by atoms with Crippen LogP contribution in [0.5, 0.6) is 0 Å². The second kappa shape index (κ2) is 17.5. The molecule has 14 nitrogen and oxygen atoms in total. The van der Waals surface area contributed by atoms with Crippen LogP contribution in [-0.2, 0) is 37.1 Å². The van der Waals surface area contributed by atoms with E-state index in [1.54, 1.807) is 0 Å². The molecule has 0 saturated carbocycles. The van der Waals surface area contributed by atoms with Crippen LogP contribution in [-0.4, -0.2) is 74.7 Å². The predicted molar refractivity (Wildman–Crippen MR) is 159 cm³/mol. The average Bonchev–Trinajstić information content (AvgIpc) is 3.50. The largest absolute Gasteiger partial charge is 0.510 e. The van der Waals surface area contributed by atoms with Gasteiger partial charge in [-0.1, -0.05) is 75.7 Å². The summed E-state index contributed by atoms with van der Waals surface area (Å²) in [5.74, 6) is 0.881. The lowest BCUT2D eigenvalue weighted by molar-refractivity contribution is -0.758. The second-order valence-electron chi connectivity index (χ2n) is 10.4. The predicted octanol–water partition coefficient (Wildman–Crippen LogP) is 4.91. The van der Waals surface area contributed by atoms with Gasteiger partial charge in [-0.2, -0.15) is 0 Å². The van der Waals surface area contributed by atoms with Crippen molar-refractivity contribution >= 4 is 12.1 Å². The number of aromatic nitrogens is 4. The molecule has 1 atom stereocenters. The van der Waals surface area contributed by atoms with Crippen molar-refractivity contribution < 1.29 is 33.7 Å². The summed E-state index contributed by atoms with van der Waals surface area (Å²) in [6.07, 6.45) is 1.46. The molecule has 3 aromatic rings. The van der Waals surface area contributed by atoms with E-state index >= 15 is 0 Å². The Kier molecular flexibility index (Phi) is 13.5. The molecule has 1 aromatic heterocycles. The lowest BCUT2D eigenvalue weighted by atomic mass is 9.97. The molecule has 0 radical (unpaired) electrons. The van der Waals surface area contributed by atoms with Gasteiger partial charge in [0, 0.05) is 24.6 Å². The van der Waals surface area contributed by atoms with E-state index in [4.69, 9.17) is 14.2 Å². The molecule has 1 unspecified atom stereocenters. The van der Waals surface area contributed by atoms with Crippen molar-refractivity contribution in [2.75, 3.05) is 26.4 Å². The molecule has 0 bridgehead atoms. The molecule has 0 aliphatic carbocycles. The highest BCUT2D eigenvalue weighted by atomic mass is 17.0. The first kappa shape index (κ1) is 33.9. The molecule has 0 aliphatic rings. The van der Waals surface area contributed by atoms with Gasteiger partial charge in [-0.25, -0.2) is 4.79 Å². The van der Waals surface area contributed by atoms with Crippen LogP contribution >= 0.6 is 0 Å². The van der Waals surface area contributed by atoms with E-state index in [0.717, 1.165) is 39.9 Å². The van der Waals surface area contributed by atoms with Crippen LogP contribution in [0.4, 0.5) is 4.79 Å². The molecule has 0 saturated heterocycles. The van der Waals surface area contributed by atoms with Crippen molar-refractivity contribution in [3.63, 3.8) is 0 Å². The van der Waals surface area contributed by atoms with Gasteiger partial charge in [0.2, 0.25) is 18.5 Å². The fraction of sp³-hybridized carbons (Fsp3) is 0.500. The maximum Gasteiger partial charge on any atom is 0.510 e. The molecule has 14 heteroatoms. The minimum absolute atomic E-state index is 0.0199. The fourth-order valence-electron chi connectivity index (χ4n) is 4.22. The smallest absolute Gasteiger partial charge is 0.432 e. The Labute approximate surface area is 256 Å². The van der Waals surface area contributed by atoms with E-state index in [9.17, 15) is 19.7 Å². The average molecular weight is 613 g/mol. The SMILES string of the molecule is CCCCC(=O)N(Cc1ccc(-c2ccccc2-c2nnn(COC(=O)OCCOCCO[N+](=O)[O-])n2)cc1)C(C)C(C)C. The molecular weight excluding hydrogens is 572 g/mol. The summed E-state index contributed by atoms with van der Waals surface area (Å²) in [4.78, 5) is 42.1. The van der Waals surface area contributed by atoms with Crippen LogP contribution in [0.3, 0.4) is 0 Å². The zero-order valence-electron chi connectivity index (χ0n) is 25.6. The number of rotatable bonds is 18. The van der Waals surface area contributed by atoms with Crippen LogP contribution in [0.1, 0.15) is 52.5 Å². The highest BCUT2D eigenvalue weighted by Gasteiger charge is 2.22. The maximum absolute atomic E-state index is 13.0. The Morgan fingerprint density at radius 2 is 1.68 bits per heavy atom. The number of hydrogen-bond acceptors (Lipinski definition) is 11. The third-order valence-electron chi connectivity index (χ3n) is 6.93. The van der Waals surface area contributed by atoms with E-state index in [-0.39, 0.29) is 45.1 Å². The first-order chi connectivity index (χ1) is 21.2. The Bertz CT molecular complexity index is 1350. The Morgan fingerprint density at radius 3 is 2.36 bits per heavy atom. The summed E-state index contributed by atoms with van der Waals surface area (Å²) >= 11 is 0. The van der Waals surface area contributed by atoms with Gasteiger partial charge in [0.05, 0.1) is 13.2 Å². The van der Waals surface area contributed by atoms with Gasteiger partial charge in [-0.3, -0.25) is 4.79 Å². The monoisotopic (exact) mass is 612 g/mol. The number of benzene rings is 2. The molecule has 0 spiro atoms. The zero-order valence-corrected chi connectivity index (χ0v) is 25.6. The third kappa shape index (κ3) is 10.6. The molecule has 0 aliphatic heterocycles. The van der Waals surface area contributed by atoms with Gasteiger partial charge in [-0.15, -0.1) is 25.1 Å². The van der Waals surface area contributed by atoms with Gasteiger partial charge in [0.25, 0.3) is 5.09 Å². The highest BCUT2D eigenvalue weighted by molar-refractivity contribution is 5.80. The minimum atomic E-state index is -0.956. The number of tetrazole rings is 1. The quantitative estimate of drug-likeness (QED) is 0.0831. The number of hydrogen-bond donors (Lipinski definition) is 0. The summed E-state index contributed by atoms with van der Waals surface area (Å²) < 4.78 is 14.9. The van der Waals surface area contributed by atoms with Crippen molar-refractivity contribution in [3.05, 3.63) is 64.2 Å². The summed E-state index contributed by atoms with van der Waals surface area (Å²) in [7, 11) is 0. The van der Waals surface area contributed by atoms with Crippen LogP contribution < -0.4 is 0 Å². The lowest BCUT2D eigenvalue weighted by Gasteiger charge is -2.32. The van der Waals surface area contributed by atoms with E-state index in [1.165, 1.54) is 0 Å². The number of amides is 1. The van der Waals surface area contributed by atoms with Gasteiger partial charge < -0.3 is 23.9 Å².